The van der Waals surface area contributed by atoms with Crippen molar-refractivity contribution in [3.05, 3.63) is 18.2 Å². The van der Waals surface area contributed by atoms with Crippen molar-refractivity contribution in [3.63, 3.8) is 0 Å². The molecule has 8 atom stereocenters. The van der Waals surface area contributed by atoms with Crippen LogP contribution >= 0.6 is 0 Å². The SMILES string of the molecule is C[C@H]1CC[C@]2(F)C3CC[C@@]4(C)C(CC[C@@H]4C(=O)Cn4cnc(C#N)c4)[C@@H]3CC[C@@H]2C1. The van der Waals surface area contributed by atoms with Crippen LogP contribution in [0.4, 0.5) is 4.39 Å². The van der Waals surface area contributed by atoms with Crippen LogP contribution in [0.15, 0.2) is 12.5 Å². The standard InChI is InChI=1S/C25H34FN3O/c1-16-7-10-25(26)17(11-16)3-4-19-20-5-6-22(24(20,2)9-8-21(19)25)23(30)14-29-13-18(12-27)28-15-29/h13,15-17,19-22H,3-11,14H2,1-2H3/t16-,17+,19-,20?,21?,22+,24-,25+/m0/s1. The summed E-state index contributed by atoms with van der Waals surface area (Å²) in [7, 11) is 0. The largest absolute Gasteiger partial charge is 0.329 e. The monoisotopic (exact) mass is 411 g/mol. The lowest BCUT2D eigenvalue weighted by molar-refractivity contribution is -0.146. The predicted octanol–water partition coefficient (Wildman–Crippen LogP) is 5.32. The molecule has 5 rings (SSSR count). The molecule has 0 aromatic carbocycles. The summed E-state index contributed by atoms with van der Waals surface area (Å²) in [5.74, 6) is 2.39. The van der Waals surface area contributed by atoms with Gasteiger partial charge in [0.25, 0.3) is 0 Å². The van der Waals surface area contributed by atoms with E-state index in [4.69, 9.17) is 5.26 Å². The molecule has 4 saturated carbocycles. The van der Waals surface area contributed by atoms with Crippen LogP contribution in [-0.2, 0) is 11.3 Å². The number of rotatable bonds is 3. The lowest BCUT2D eigenvalue weighted by atomic mass is 9.48. The molecule has 0 radical (unpaired) electrons. The Morgan fingerprint density at radius 2 is 2.07 bits per heavy atom. The molecule has 0 amide bonds. The first-order valence-electron chi connectivity index (χ1n) is 12.0. The Balaban J connectivity index is 1.34. The van der Waals surface area contributed by atoms with Crippen molar-refractivity contribution < 1.29 is 9.18 Å². The minimum Gasteiger partial charge on any atom is -0.329 e. The van der Waals surface area contributed by atoms with Crippen LogP contribution in [0.5, 0.6) is 0 Å². The molecule has 0 saturated heterocycles. The van der Waals surface area contributed by atoms with Crippen molar-refractivity contribution in [2.75, 3.05) is 0 Å². The zero-order chi connectivity index (χ0) is 21.1. The number of halogens is 1. The molecule has 30 heavy (non-hydrogen) atoms. The number of ketones is 1. The number of fused-ring (bicyclic) bond motifs is 5. The van der Waals surface area contributed by atoms with Crippen LogP contribution in [0.1, 0.15) is 77.3 Å². The third-order valence-corrected chi connectivity index (χ3v) is 9.76. The highest BCUT2D eigenvalue weighted by molar-refractivity contribution is 5.82. The van der Waals surface area contributed by atoms with E-state index < -0.39 is 5.67 Å². The smallest absolute Gasteiger partial charge is 0.158 e. The summed E-state index contributed by atoms with van der Waals surface area (Å²) >= 11 is 0. The van der Waals surface area contributed by atoms with Crippen molar-refractivity contribution in [2.24, 2.45) is 40.9 Å². The lowest BCUT2D eigenvalue weighted by Crippen LogP contribution is -2.56. The number of hydrogen-bond donors (Lipinski definition) is 0. The van der Waals surface area contributed by atoms with E-state index in [0.29, 0.717) is 30.0 Å². The van der Waals surface area contributed by atoms with E-state index in [-0.39, 0.29) is 29.0 Å². The number of nitriles is 1. The molecule has 0 spiro atoms. The van der Waals surface area contributed by atoms with Crippen LogP contribution in [0.3, 0.4) is 0 Å². The summed E-state index contributed by atoms with van der Waals surface area (Å²) in [5.41, 5.74) is -0.601. The van der Waals surface area contributed by atoms with Crippen molar-refractivity contribution in [2.45, 2.75) is 83.8 Å². The Morgan fingerprint density at radius 1 is 1.23 bits per heavy atom. The van der Waals surface area contributed by atoms with Gasteiger partial charge in [-0.15, -0.1) is 0 Å². The molecule has 0 aliphatic heterocycles. The molecule has 162 valence electrons. The molecule has 2 unspecified atom stereocenters. The van der Waals surface area contributed by atoms with Gasteiger partial charge in [0.1, 0.15) is 11.7 Å². The fraction of sp³-hybridized carbons (Fsp3) is 0.800. The summed E-state index contributed by atoms with van der Waals surface area (Å²) in [4.78, 5) is 17.3. The molecule has 4 nitrogen and oxygen atoms in total. The topological polar surface area (TPSA) is 58.7 Å². The number of nitrogens with zero attached hydrogens (tertiary/aromatic N) is 3. The maximum absolute atomic E-state index is 16.4. The van der Waals surface area contributed by atoms with E-state index in [1.807, 2.05) is 6.07 Å². The molecule has 1 heterocycles. The van der Waals surface area contributed by atoms with Gasteiger partial charge < -0.3 is 4.57 Å². The van der Waals surface area contributed by atoms with Crippen molar-refractivity contribution in [3.8, 4) is 6.07 Å². The minimum absolute atomic E-state index is 0.00203. The highest BCUT2D eigenvalue weighted by Crippen LogP contribution is 2.66. The normalized spacial score (nSPS) is 45.1. The summed E-state index contributed by atoms with van der Waals surface area (Å²) in [6.07, 6.45) is 12.2. The van der Waals surface area contributed by atoms with Gasteiger partial charge in [0.05, 0.1) is 12.9 Å². The first-order valence-corrected chi connectivity index (χ1v) is 12.0. The fourth-order valence-corrected chi connectivity index (χ4v) is 8.32. The van der Waals surface area contributed by atoms with Crippen LogP contribution < -0.4 is 0 Å². The lowest BCUT2D eigenvalue weighted by Gasteiger charge is -2.58. The number of Topliss-reactive ketones (excluding diaryl/α,β-unsaturated/α-hetero) is 1. The first-order chi connectivity index (χ1) is 14.3. The predicted molar refractivity (Wildman–Crippen MR) is 112 cm³/mol. The van der Waals surface area contributed by atoms with Crippen LogP contribution in [0.25, 0.3) is 0 Å². The van der Waals surface area contributed by atoms with E-state index in [9.17, 15) is 4.79 Å². The van der Waals surface area contributed by atoms with Gasteiger partial charge in [-0.25, -0.2) is 9.37 Å². The summed E-state index contributed by atoms with van der Waals surface area (Å²) in [6, 6.07) is 2.02. The van der Waals surface area contributed by atoms with Crippen LogP contribution in [0.2, 0.25) is 0 Å². The fourth-order valence-electron chi connectivity index (χ4n) is 8.32. The Hall–Kier alpha value is -1.70. The van der Waals surface area contributed by atoms with Gasteiger partial charge in [-0.3, -0.25) is 4.79 Å². The van der Waals surface area contributed by atoms with Gasteiger partial charge in [-0.1, -0.05) is 13.8 Å². The van der Waals surface area contributed by atoms with Gasteiger partial charge in [0.2, 0.25) is 0 Å². The van der Waals surface area contributed by atoms with E-state index >= 15 is 4.39 Å². The molecule has 0 N–H and O–H groups in total. The number of aromatic nitrogens is 2. The first kappa shape index (κ1) is 20.2. The quantitative estimate of drug-likeness (QED) is 0.676. The Kier molecular flexibility index (Phi) is 4.84. The highest BCUT2D eigenvalue weighted by atomic mass is 19.1. The molecule has 1 aromatic rings. The maximum Gasteiger partial charge on any atom is 0.158 e. The number of alkyl halides is 1. The highest BCUT2D eigenvalue weighted by Gasteiger charge is 2.62. The van der Waals surface area contributed by atoms with Crippen LogP contribution in [0, 0.1) is 52.3 Å². The van der Waals surface area contributed by atoms with Gasteiger partial charge in [0.15, 0.2) is 11.5 Å². The van der Waals surface area contributed by atoms with Crippen LogP contribution in [-0.4, -0.2) is 21.0 Å². The molecule has 4 aliphatic carbocycles. The third kappa shape index (κ3) is 2.97. The molecular formula is C25H34FN3O. The average molecular weight is 412 g/mol. The van der Waals surface area contributed by atoms with E-state index in [1.165, 1.54) is 0 Å². The third-order valence-electron chi connectivity index (χ3n) is 9.76. The molecular weight excluding hydrogens is 377 g/mol. The summed E-state index contributed by atoms with van der Waals surface area (Å²) < 4.78 is 18.1. The number of imidazole rings is 1. The average Bonchev–Trinajstić information content (AvgIpc) is 3.32. The van der Waals surface area contributed by atoms with Gasteiger partial charge in [0, 0.05) is 12.1 Å². The number of carbonyl (C=O) groups is 1. The van der Waals surface area contributed by atoms with Gasteiger partial charge in [-0.2, -0.15) is 5.26 Å². The molecule has 1 aromatic heterocycles. The molecule has 4 fully saturated rings. The van der Waals surface area contributed by atoms with E-state index in [0.717, 1.165) is 57.8 Å². The molecule has 5 heteroatoms. The van der Waals surface area contributed by atoms with Gasteiger partial charge >= 0.3 is 0 Å². The van der Waals surface area contributed by atoms with Gasteiger partial charge in [-0.05, 0) is 92.8 Å². The molecule has 0 bridgehead atoms. The van der Waals surface area contributed by atoms with Crippen molar-refractivity contribution in [1.82, 2.24) is 9.55 Å². The second-order valence-electron chi connectivity index (χ2n) is 11.1. The van der Waals surface area contributed by atoms with Crippen molar-refractivity contribution in [1.29, 1.82) is 5.26 Å². The number of carbonyl (C=O) groups excluding carboxylic acids is 1. The second kappa shape index (κ2) is 7.18. The second-order valence-corrected chi connectivity index (χ2v) is 11.1. The number of hydrogen-bond acceptors (Lipinski definition) is 3. The minimum atomic E-state index is -0.955. The zero-order valence-electron chi connectivity index (χ0n) is 18.3. The van der Waals surface area contributed by atoms with E-state index in [2.05, 4.69) is 18.8 Å². The zero-order valence-corrected chi connectivity index (χ0v) is 18.3. The van der Waals surface area contributed by atoms with Crippen molar-refractivity contribution >= 4 is 5.78 Å². The molecule has 4 aliphatic rings. The Labute approximate surface area is 179 Å². The summed E-state index contributed by atoms with van der Waals surface area (Å²) in [5, 5.41) is 8.98. The maximum atomic E-state index is 16.4. The Morgan fingerprint density at radius 3 is 2.83 bits per heavy atom. The Bertz CT molecular complexity index is 874. The summed E-state index contributed by atoms with van der Waals surface area (Å²) in [6.45, 7) is 4.90. The van der Waals surface area contributed by atoms with E-state index in [1.54, 1.807) is 17.1 Å².